The minimum atomic E-state index is -0.0307. The molecule has 1 N–H and O–H groups in total. The van der Waals surface area contributed by atoms with Crippen LogP contribution in [0.5, 0.6) is 0 Å². The van der Waals surface area contributed by atoms with Gasteiger partial charge in [0.1, 0.15) is 5.52 Å². The minimum Gasteiger partial charge on any atom is -0.443 e. The van der Waals surface area contributed by atoms with Crippen LogP contribution < -0.4 is 5.32 Å². The van der Waals surface area contributed by atoms with Crippen LogP contribution in [-0.2, 0) is 0 Å². The summed E-state index contributed by atoms with van der Waals surface area (Å²) in [7, 11) is 0. The lowest BCUT2D eigenvalue weighted by Crippen LogP contribution is -2.34. The number of carbonyl (C=O) groups excluding carboxylic acids is 1. The van der Waals surface area contributed by atoms with E-state index in [9.17, 15) is 4.79 Å². The van der Waals surface area contributed by atoms with Gasteiger partial charge in [0.15, 0.2) is 12.0 Å². The summed E-state index contributed by atoms with van der Waals surface area (Å²) in [5.41, 5.74) is 2.06. The second-order valence-electron chi connectivity index (χ2n) is 4.78. The maximum Gasteiger partial charge on any atom is 0.251 e. The second kappa shape index (κ2) is 6.36. The van der Waals surface area contributed by atoms with Crippen molar-refractivity contribution in [1.82, 2.24) is 10.3 Å². The van der Waals surface area contributed by atoms with Crippen LogP contribution in [-0.4, -0.2) is 16.9 Å². The van der Waals surface area contributed by atoms with E-state index in [0.29, 0.717) is 11.1 Å². The Bertz CT molecular complexity index is 542. The Labute approximate surface area is 113 Å². The third-order valence-electron chi connectivity index (χ3n) is 3.20. The molecule has 19 heavy (non-hydrogen) atoms. The number of rotatable bonds is 6. The fourth-order valence-electron chi connectivity index (χ4n) is 2.25. The highest BCUT2D eigenvalue weighted by atomic mass is 16.3. The molecule has 0 bridgehead atoms. The molecule has 0 spiro atoms. The van der Waals surface area contributed by atoms with Crippen LogP contribution >= 0.6 is 0 Å². The lowest BCUT2D eigenvalue weighted by atomic mass is 10.1. The molecule has 1 heterocycles. The van der Waals surface area contributed by atoms with Gasteiger partial charge in [-0.2, -0.15) is 0 Å². The van der Waals surface area contributed by atoms with Crippen molar-refractivity contribution < 1.29 is 9.21 Å². The summed E-state index contributed by atoms with van der Waals surface area (Å²) in [6, 6.07) is 5.59. The SMILES string of the molecule is CCCC(CCC)NC(=O)c1ccc2ocnc2c1. The summed E-state index contributed by atoms with van der Waals surface area (Å²) in [5, 5.41) is 3.09. The molecule has 2 aromatic rings. The molecule has 0 saturated carbocycles. The van der Waals surface area contributed by atoms with Crippen molar-refractivity contribution >= 4 is 17.0 Å². The largest absolute Gasteiger partial charge is 0.443 e. The lowest BCUT2D eigenvalue weighted by molar-refractivity contribution is 0.0932. The van der Waals surface area contributed by atoms with E-state index in [1.807, 2.05) is 0 Å². The maximum atomic E-state index is 12.2. The van der Waals surface area contributed by atoms with E-state index in [4.69, 9.17) is 4.42 Å². The van der Waals surface area contributed by atoms with Gasteiger partial charge in [0.25, 0.3) is 5.91 Å². The standard InChI is InChI=1S/C15H20N2O2/c1-3-5-12(6-4-2)17-15(18)11-7-8-14-13(9-11)16-10-19-14/h7-10,12H,3-6H2,1-2H3,(H,17,18). The van der Waals surface area contributed by atoms with E-state index >= 15 is 0 Å². The van der Waals surface area contributed by atoms with E-state index in [0.717, 1.165) is 31.2 Å². The maximum absolute atomic E-state index is 12.2. The molecule has 1 amide bonds. The van der Waals surface area contributed by atoms with Crippen LogP contribution in [0.4, 0.5) is 0 Å². The first-order valence-electron chi connectivity index (χ1n) is 6.88. The predicted molar refractivity (Wildman–Crippen MR) is 75.1 cm³/mol. The van der Waals surface area contributed by atoms with Gasteiger partial charge in [-0.25, -0.2) is 4.98 Å². The Morgan fingerprint density at radius 2 is 2.05 bits per heavy atom. The van der Waals surface area contributed by atoms with Crippen molar-refractivity contribution in [1.29, 1.82) is 0 Å². The van der Waals surface area contributed by atoms with Gasteiger partial charge in [0, 0.05) is 11.6 Å². The molecule has 0 aliphatic carbocycles. The smallest absolute Gasteiger partial charge is 0.251 e. The van der Waals surface area contributed by atoms with Crippen LogP contribution in [0.1, 0.15) is 49.9 Å². The first-order valence-corrected chi connectivity index (χ1v) is 6.88. The zero-order valence-electron chi connectivity index (χ0n) is 11.5. The predicted octanol–water partition coefficient (Wildman–Crippen LogP) is 3.53. The van der Waals surface area contributed by atoms with Crippen molar-refractivity contribution in [3.63, 3.8) is 0 Å². The summed E-state index contributed by atoms with van der Waals surface area (Å²) in [6.45, 7) is 4.27. The molecule has 0 atom stereocenters. The normalized spacial score (nSPS) is 11.1. The second-order valence-corrected chi connectivity index (χ2v) is 4.78. The van der Waals surface area contributed by atoms with Crippen LogP contribution in [0, 0.1) is 0 Å². The topological polar surface area (TPSA) is 55.1 Å². The third kappa shape index (κ3) is 3.34. The Balaban J connectivity index is 2.09. The van der Waals surface area contributed by atoms with Gasteiger partial charge in [-0.3, -0.25) is 4.79 Å². The molecule has 0 saturated heterocycles. The van der Waals surface area contributed by atoms with Gasteiger partial charge in [0.05, 0.1) is 0 Å². The number of nitrogens with one attached hydrogen (secondary N) is 1. The van der Waals surface area contributed by atoms with E-state index in [1.165, 1.54) is 6.39 Å². The van der Waals surface area contributed by atoms with E-state index in [-0.39, 0.29) is 11.9 Å². The Hall–Kier alpha value is -1.84. The molecule has 1 aromatic carbocycles. The fraction of sp³-hybridized carbons (Fsp3) is 0.467. The highest BCUT2D eigenvalue weighted by Gasteiger charge is 2.13. The van der Waals surface area contributed by atoms with Crippen molar-refractivity contribution in [2.75, 3.05) is 0 Å². The van der Waals surface area contributed by atoms with E-state index in [1.54, 1.807) is 18.2 Å². The molecular formula is C15H20N2O2. The van der Waals surface area contributed by atoms with Crippen LogP contribution in [0.3, 0.4) is 0 Å². The van der Waals surface area contributed by atoms with Crippen LogP contribution in [0.15, 0.2) is 29.0 Å². The average Bonchev–Trinajstić information content (AvgIpc) is 2.86. The van der Waals surface area contributed by atoms with E-state index < -0.39 is 0 Å². The summed E-state index contributed by atoms with van der Waals surface area (Å²) in [4.78, 5) is 16.3. The third-order valence-corrected chi connectivity index (χ3v) is 3.20. The summed E-state index contributed by atoms with van der Waals surface area (Å²) in [5.74, 6) is -0.0307. The first-order chi connectivity index (χ1) is 9.24. The number of hydrogen-bond acceptors (Lipinski definition) is 3. The zero-order chi connectivity index (χ0) is 13.7. The summed E-state index contributed by atoms with van der Waals surface area (Å²) >= 11 is 0. The van der Waals surface area contributed by atoms with Gasteiger partial charge < -0.3 is 9.73 Å². The molecule has 4 nitrogen and oxygen atoms in total. The van der Waals surface area contributed by atoms with Gasteiger partial charge in [0.2, 0.25) is 0 Å². The molecule has 0 aliphatic rings. The Morgan fingerprint density at radius 3 is 2.74 bits per heavy atom. The lowest BCUT2D eigenvalue weighted by Gasteiger charge is -2.17. The van der Waals surface area contributed by atoms with E-state index in [2.05, 4.69) is 24.1 Å². The molecule has 0 fully saturated rings. The molecule has 4 heteroatoms. The molecule has 1 aromatic heterocycles. The van der Waals surface area contributed by atoms with Crippen LogP contribution in [0.2, 0.25) is 0 Å². The van der Waals surface area contributed by atoms with Gasteiger partial charge >= 0.3 is 0 Å². The Kier molecular flexibility index (Phi) is 4.55. The quantitative estimate of drug-likeness (QED) is 0.864. The summed E-state index contributed by atoms with van der Waals surface area (Å²) < 4.78 is 5.17. The van der Waals surface area contributed by atoms with Crippen molar-refractivity contribution in [2.24, 2.45) is 0 Å². The average molecular weight is 260 g/mol. The molecule has 102 valence electrons. The molecule has 0 aliphatic heterocycles. The zero-order valence-corrected chi connectivity index (χ0v) is 11.5. The van der Waals surface area contributed by atoms with Crippen molar-refractivity contribution in [3.05, 3.63) is 30.2 Å². The van der Waals surface area contributed by atoms with Crippen molar-refractivity contribution in [3.8, 4) is 0 Å². The van der Waals surface area contributed by atoms with Crippen LogP contribution in [0.25, 0.3) is 11.1 Å². The highest BCUT2D eigenvalue weighted by molar-refractivity contribution is 5.97. The first kappa shape index (κ1) is 13.6. The van der Waals surface area contributed by atoms with Crippen molar-refractivity contribution in [2.45, 2.75) is 45.6 Å². The number of hydrogen-bond donors (Lipinski definition) is 1. The summed E-state index contributed by atoms with van der Waals surface area (Å²) in [6.07, 6.45) is 5.58. The van der Waals surface area contributed by atoms with Gasteiger partial charge in [-0.05, 0) is 31.0 Å². The van der Waals surface area contributed by atoms with Gasteiger partial charge in [-0.1, -0.05) is 26.7 Å². The molecule has 0 radical (unpaired) electrons. The number of aromatic nitrogens is 1. The number of oxazole rings is 1. The molecular weight excluding hydrogens is 240 g/mol. The number of nitrogens with zero attached hydrogens (tertiary/aromatic N) is 1. The molecule has 0 unspecified atom stereocenters. The Morgan fingerprint density at radius 1 is 1.32 bits per heavy atom. The minimum absolute atomic E-state index is 0.0307. The number of amides is 1. The number of benzene rings is 1. The fourth-order valence-corrected chi connectivity index (χ4v) is 2.25. The number of fused-ring (bicyclic) bond motifs is 1. The monoisotopic (exact) mass is 260 g/mol. The molecule has 2 rings (SSSR count). The number of carbonyl (C=O) groups is 1. The highest BCUT2D eigenvalue weighted by Crippen LogP contribution is 2.15. The van der Waals surface area contributed by atoms with Gasteiger partial charge in [-0.15, -0.1) is 0 Å².